The molecule has 1 spiro atoms. The molecular weight excluding hydrogens is 902 g/mol. The maximum Gasteiger partial charge on any atom is 0.465 e. The van der Waals surface area contributed by atoms with E-state index >= 15 is 0 Å². The summed E-state index contributed by atoms with van der Waals surface area (Å²) in [4.78, 5) is 24.4. The van der Waals surface area contributed by atoms with E-state index < -0.39 is 51.4 Å². The summed E-state index contributed by atoms with van der Waals surface area (Å²) in [7, 11) is -5.99. The average molecular weight is 910 g/mol. The van der Waals surface area contributed by atoms with Crippen molar-refractivity contribution < 1.29 is 50.3 Å². The number of alkyl halides is 2. The van der Waals surface area contributed by atoms with E-state index in [1.807, 2.05) is 22.6 Å². The highest BCUT2D eigenvalue weighted by Gasteiger charge is 2.65. The van der Waals surface area contributed by atoms with E-state index in [1.165, 1.54) is 0 Å². The molecule has 4 rings (SSSR count). The van der Waals surface area contributed by atoms with Crippen molar-refractivity contribution in [1.82, 2.24) is 0 Å². The molecule has 1 aromatic rings. The molecule has 0 aromatic heterocycles. The number of hydrogen-bond acceptors (Lipinski definition) is 8. The van der Waals surface area contributed by atoms with Crippen LogP contribution in [0.15, 0.2) is 0 Å². The van der Waals surface area contributed by atoms with Crippen molar-refractivity contribution in [3.8, 4) is 5.75 Å². The summed E-state index contributed by atoms with van der Waals surface area (Å²) < 4.78 is 82.0. The van der Waals surface area contributed by atoms with Crippen molar-refractivity contribution in [2.75, 3.05) is 0 Å². The van der Waals surface area contributed by atoms with Gasteiger partial charge in [-0.2, -0.15) is 17.2 Å². The van der Waals surface area contributed by atoms with Crippen LogP contribution >= 0.6 is 90.4 Å². The van der Waals surface area contributed by atoms with Crippen molar-refractivity contribution in [3.05, 3.63) is 19.8 Å². The fourth-order valence-corrected chi connectivity index (χ4v) is 7.26. The Morgan fingerprint density at radius 2 is 1.74 bits per heavy atom. The number of benzene rings is 1. The molecule has 0 aliphatic carbocycles. The van der Waals surface area contributed by atoms with Crippen LogP contribution in [0.3, 0.4) is 0 Å². The van der Waals surface area contributed by atoms with Gasteiger partial charge in [0.2, 0.25) is 0 Å². The summed E-state index contributed by atoms with van der Waals surface area (Å²) in [6, 6.07) is 0. The van der Waals surface area contributed by atoms with Crippen molar-refractivity contribution in [2.24, 2.45) is 0 Å². The molecule has 31 heavy (non-hydrogen) atoms. The Bertz CT molecular complexity index is 1130. The van der Waals surface area contributed by atoms with Gasteiger partial charge in [0, 0.05) is 17.1 Å². The Balaban J connectivity index is 1.57. The zero-order valence-corrected chi connectivity index (χ0v) is 24.0. The quantitative estimate of drug-likeness (QED) is 0.160. The van der Waals surface area contributed by atoms with Crippen LogP contribution in [-0.2, 0) is 29.1 Å². The molecule has 1 N–H and O–H groups in total. The lowest BCUT2D eigenvalue weighted by molar-refractivity contribution is -0.192. The van der Waals surface area contributed by atoms with E-state index in [4.69, 9.17) is 18.8 Å². The van der Waals surface area contributed by atoms with Gasteiger partial charge in [0.1, 0.15) is 23.9 Å². The first-order valence-corrected chi connectivity index (χ1v) is 13.9. The first-order chi connectivity index (χ1) is 14.2. The highest BCUT2D eigenvalue weighted by molar-refractivity contribution is 14.1. The van der Waals surface area contributed by atoms with Crippen molar-refractivity contribution >= 4 is 112 Å². The minimum atomic E-state index is -5.99. The minimum absolute atomic E-state index is 0.118. The van der Waals surface area contributed by atoms with Crippen LogP contribution in [0.2, 0.25) is 0 Å². The molecule has 1 aromatic carbocycles. The largest absolute Gasteiger partial charge is 0.465 e. The number of hydrogen-bond donors (Lipinski definition) is 1. The normalized spacial score (nSPS) is 29.5. The molecule has 9 nitrogen and oxygen atoms in total. The number of fused-ring (bicyclic) bond motifs is 4. The third-order valence-corrected chi connectivity index (χ3v) is 13.1. The predicted molar refractivity (Wildman–Crippen MR) is 130 cm³/mol. The molecule has 0 radical (unpaired) electrons. The third-order valence-electron chi connectivity index (χ3n) is 4.96. The molecule has 16 heteroatoms. The van der Waals surface area contributed by atoms with Crippen LogP contribution in [0, 0.1) is 14.3 Å². The smallest absolute Gasteiger partial charge is 0.454 e. The van der Waals surface area contributed by atoms with Gasteiger partial charge in [0.05, 0.1) is 9.99 Å². The van der Waals surface area contributed by atoms with Gasteiger partial charge in [-0.15, -0.1) is 0 Å². The van der Waals surface area contributed by atoms with Gasteiger partial charge in [-0.3, -0.25) is 4.55 Å². The maximum absolute atomic E-state index is 13.5. The molecule has 2 saturated heterocycles. The van der Waals surface area contributed by atoms with Crippen LogP contribution in [0.5, 0.6) is 5.75 Å². The molecule has 3 aliphatic heterocycles. The molecule has 4 unspecified atom stereocenters. The molecule has 3 aliphatic rings. The van der Waals surface area contributed by atoms with Gasteiger partial charge in [-0.1, -0.05) is 0 Å². The Labute approximate surface area is 227 Å². The van der Waals surface area contributed by atoms with Gasteiger partial charge in [-0.05, 0) is 90.4 Å². The standard InChI is InChI=1S/C15H8F2I4O9S/c16-15(17,31(24,25)26)13(23)28-3-1-5-14(2-4(3)27-5)29-11-6(12(22)30-14)7(18)8(19)9(20)10(11)21/h3-5H,1-2H2,(H,24,25,26). The number of rotatable bonds is 3. The predicted octanol–water partition coefficient (Wildman–Crippen LogP) is 3.30. The zero-order valence-electron chi connectivity index (χ0n) is 14.5. The number of carbonyl (C=O) groups is 2. The van der Waals surface area contributed by atoms with Crippen LogP contribution in [0.25, 0.3) is 0 Å². The number of halogens is 6. The van der Waals surface area contributed by atoms with Gasteiger partial charge >= 0.3 is 27.3 Å². The monoisotopic (exact) mass is 910 g/mol. The van der Waals surface area contributed by atoms with Crippen LogP contribution in [0.4, 0.5) is 8.78 Å². The molecule has 170 valence electrons. The number of carbonyl (C=O) groups excluding carboxylic acids is 2. The summed E-state index contributed by atoms with van der Waals surface area (Å²) in [5.74, 6) is -4.23. The first-order valence-electron chi connectivity index (χ1n) is 8.19. The fourth-order valence-electron chi connectivity index (χ4n) is 3.53. The summed E-state index contributed by atoms with van der Waals surface area (Å²) in [6.07, 6.45) is -3.42. The average Bonchev–Trinajstić information content (AvgIpc) is 3.20. The van der Waals surface area contributed by atoms with E-state index in [-0.39, 0.29) is 18.4 Å². The topological polar surface area (TPSA) is 125 Å². The molecule has 0 amide bonds. The van der Waals surface area contributed by atoms with Crippen molar-refractivity contribution in [1.29, 1.82) is 0 Å². The molecular formula is C15H8F2I4O9S. The van der Waals surface area contributed by atoms with E-state index in [0.717, 1.165) is 7.14 Å². The summed E-state index contributed by atoms with van der Waals surface area (Å²) in [5, 5.41) is -5.11. The van der Waals surface area contributed by atoms with Gasteiger partial charge in [0.15, 0.2) is 5.75 Å². The highest BCUT2D eigenvalue weighted by atomic mass is 127. The van der Waals surface area contributed by atoms with Gasteiger partial charge in [0.25, 0.3) is 5.79 Å². The second-order valence-electron chi connectivity index (χ2n) is 6.80. The summed E-state index contributed by atoms with van der Waals surface area (Å²) in [5.41, 5.74) is 0.277. The van der Waals surface area contributed by atoms with Gasteiger partial charge in [-0.25, -0.2) is 9.59 Å². The lowest BCUT2D eigenvalue weighted by Crippen LogP contribution is -2.55. The minimum Gasteiger partial charge on any atom is -0.454 e. The van der Waals surface area contributed by atoms with Crippen LogP contribution in [0.1, 0.15) is 23.2 Å². The van der Waals surface area contributed by atoms with Crippen molar-refractivity contribution in [3.63, 3.8) is 0 Å². The summed E-state index contributed by atoms with van der Waals surface area (Å²) in [6.45, 7) is 0. The SMILES string of the molecule is O=C1OC2(CC3OC2CC3OC(=O)C(F)(F)S(=O)(=O)O)Oc2c(I)c(I)c(I)c(I)c21. The zero-order chi connectivity index (χ0) is 23.1. The van der Waals surface area contributed by atoms with Gasteiger partial charge < -0.3 is 18.9 Å². The Kier molecular flexibility index (Phi) is 6.45. The van der Waals surface area contributed by atoms with E-state index in [1.54, 1.807) is 0 Å². The molecule has 4 atom stereocenters. The Morgan fingerprint density at radius 3 is 2.29 bits per heavy atom. The highest BCUT2D eigenvalue weighted by Crippen LogP contribution is 2.51. The van der Waals surface area contributed by atoms with Crippen LogP contribution in [-0.4, -0.2) is 54.3 Å². The Hall–Kier alpha value is 0.610. The maximum atomic E-state index is 13.5. The first kappa shape index (κ1) is 24.7. The van der Waals surface area contributed by atoms with Crippen molar-refractivity contribution in [2.45, 2.75) is 42.2 Å². The number of esters is 2. The van der Waals surface area contributed by atoms with E-state index in [2.05, 4.69) is 72.5 Å². The second-order valence-corrected chi connectivity index (χ2v) is 12.6. The van der Waals surface area contributed by atoms with E-state index in [0.29, 0.717) is 12.9 Å². The molecule has 2 fully saturated rings. The molecule has 2 bridgehead atoms. The second kappa shape index (κ2) is 8.09. The molecule has 3 heterocycles. The van der Waals surface area contributed by atoms with Crippen LogP contribution < -0.4 is 4.74 Å². The number of ether oxygens (including phenoxy) is 4. The lowest BCUT2D eigenvalue weighted by Gasteiger charge is -2.40. The van der Waals surface area contributed by atoms with E-state index in [9.17, 15) is 26.8 Å². The Morgan fingerprint density at radius 1 is 1.13 bits per heavy atom. The fraction of sp³-hybridized carbons (Fsp3) is 0.467. The molecule has 0 saturated carbocycles. The third kappa shape index (κ3) is 3.86. The summed E-state index contributed by atoms with van der Waals surface area (Å²) >= 11 is 8.33. The lowest BCUT2D eigenvalue weighted by atomic mass is 9.90.